The van der Waals surface area contributed by atoms with Crippen molar-refractivity contribution in [3.63, 3.8) is 0 Å². The van der Waals surface area contributed by atoms with Crippen LogP contribution in [0.25, 0.3) is 0 Å². The number of carboxylic acids is 3. The molecule has 0 aliphatic carbocycles. The largest absolute Gasteiger partial charge is 0.481 e. The van der Waals surface area contributed by atoms with Crippen LogP contribution in [0.2, 0.25) is 0 Å². The maximum absolute atomic E-state index is 10.3. The van der Waals surface area contributed by atoms with Gasteiger partial charge in [0.05, 0.1) is 12.8 Å². The topological polar surface area (TPSA) is 210 Å². The van der Waals surface area contributed by atoms with Crippen molar-refractivity contribution in [3.05, 3.63) is 0 Å². The molecule has 114 valence electrons. The Morgan fingerprint density at radius 1 is 0.895 bits per heavy atom. The minimum absolute atomic E-state index is 0. The van der Waals surface area contributed by atoms with Gasteiger partial charge in [0, 0.05) is 0 Å². The van der Waals surface area contributed by atoms with Crippen molar-refractivity contribution >= 4 is 38.1 Å². The number of carbonyl (C=O) groups is 3. The van der Waals surface area contributed by atoms with E-state index in [9.17, 15) is 14.4 Å². The number of aliphatic hydroxyl groups is 1. The predicted octanol–water partition coefficient (Wildman–Crippen LogP) is -1.76. The van der Waals surface area contributed by atoms with Crippen molar-refractivity contribution in [2.75, 3.05) is 0 Å². The molecule has 0 amide bonds. The monoisotopic (exact) mass is 326 g/mol. The fourth-order valence-corrected chi connectivity index (χ4v) is 0.714. The Bertz CT molecular complexity index is 349. The predicted molar refractivity (Wildman–Crippen MR) is 58.6 cm³/mol. The lowest BCUT2D eigenvalue weighted by Gasteiger charge is -2.18. The number of hydrogen-bond acceptors (Lipinski definition) is 5. The first-order valence-electron chi connectivity index (χ1n) is 3.95. The quantitative estimate of drug-likeness (QED) is 0.281. The maximum atomic E-state index is 10.3. The Morgan fingerprint density at radius 3 is 1.21 bits per heavy atom. The van der Waals surface area contributed by atoms with E-state index < -0.39 is 44.2 Å². The van der Waals surface area contributed by atoms with E-state index in [1.807, 2.05) is 0 Å². The summed E-state index contributed by atoms with van der Waals surface area (Å²) in [6.07, 6.45) is -2.29. The van der Waals surface area contributed by atoms with Gasteiger partial charge in [0.1, 0.15) is 0 Å². The number of hydrogen-bond donors (Lipinski definition) is 7. The van der Waals surface area contributed by atoms with Crippen molar-refractivity contribution < 1.29 is 54.1 Å². The fourth-order valence-electron chi connectivity index (χ4n) is 0.714. The first-order chi connectivity index (χ1) is 7.78. The summed E-state index contributed by atoms with van der Waals surface area (Å²) >= 11 is 0. The van der Waals surface area contributed by atoms with Crippen LogP contribution in [0, 0.1) is 0 Å². The molecule has 0 bridgehead atoms. The molecule has 0 saturated carbocycles. The third-order valence-corrected chi connectivity index (χ3v) is 1.29. The van der Waals surface area contributed by atoms with Crippen molar-refractivity contribution in [1.82, 2.24) is 0 Å². The molecule has 0 radical (unpaired) electrons. The van der Waals surface area contributed by atoms with Crippen molar-refractivity contribution in [2.24, 2.45) is 0 Å². The van der Waals surface area contributed by atoms with Gasteiger partial charge in [-0.05, 0) is 0 Å². The Hall–Kier alpha value is -1.23. The van der Waals surface area contributed by atoms with Gasteiger partial charge in [-0.25, -0.2) is 9.36 Å². The van der Waals surface area contributed by atoms with Crippen molar-refractivity contribution in [3.8, 4) is 0 Å². The molecule has 0 aromatic rings. The summed E-state index contributed by atoms with van der Waals surface area (Å²) in [7, 11) is -4.64. The van der Waals surface area contributed by atoms with Crippen LogP contribution in [-0.2, 0) is 18.9 Å². The third kappa shape index (κ3) is 16.8. The summed E-state index contributed by atoms with van der Waals surface area (Å²) in [5.41, 5.74) is -2.74. The van der Waals surface area contributed by atoms with Gasteiger partial charge in [-0.3, -0.25) is 9.59 Å². The Balaban J connectivity index is -0.000000366. The minimum Gasteiger partial charge on any atom is -0.481 e. The SMILES string of the molecule is Cl.O=C(O)CC(O)(CC(=O)O)C(=O)O.O=P(O)(O)O. The summed E-state index contributed by atoms with van der Waals surface area (Å²) in [5.74, 6) is -5.02. The third-order valence-electron chi connectivity index (χ3n) is 1.29. The number of carboxylic acid groups (broad SMARTS) is 3. The Kier molecular flexibility index (Phi) is 10.6. The number of rotatable bonds is 5. The molecule has 0 rings (SSSR count). The van der Waals surface area contributed by atoms with E-state index in [0.29, 0.717) is 0 Å². The second-order valence-corrected chi connectivity index (χ2v) is 4.02. The van der Waals surface area contributed by atoms with Crippen molar-refractivity contribution in [1.29, 1.82) is 0 Å². The lowest BCUT2D eigenvalue weighted by Crippen LogP contribution is -2.42. The van der Waals surface area contributed by atoms with E-state index in [2.05, 4.69) is 0 Å². The zero-order chi connectivity index (χ0) is 15.1. The highest BCUT2D eigenvalue weighted by atomic mass is 35.5. The van der Waals surface area contributed by atoms with Crippen LogP contribution in [-0.4, -0.2) is 58.6 Å². The second-order valence-electron chi connectivity index (χ2n) is 2.99. The molecule has 13 heteroatoms. The lowest BCUT2D eigenvalue weighted by molar-refractivity contribution is -0.170. The average Bonchev–Trinajstić information content (AvgIpc) is 1.95. The highest BCUT2D eigenvalue weighted by Crippen LogP contribution is 2.25. The molecule has 0 aliphatic heterocycles. The van der Waals surface area contributed by atoms with Gasteiger partial charge in [0.2, 0.25) is 0 Å². The van der Waals surface area contributed by atoms with Crippen molar-refractivity contribution in [2.45, 2.75) is 18.4 Å². The van der Waals surface area contributed by atoms with Crippen LogP contribution in [0.5, 0.6) is 0 Å². The van der Waals surface area contributed by atoms with Gasteiger partial charge in [0.25, 0.3) is 0 Å². The van der Waals surface area contributed by atoms with Gasteiger partial charge >= 0.3 is 25.7 Å². The maximum Gasteiger partial charge on any atom is 0.466 e. The Morgan fingerprint density at radius 2 is 1.11 bits per heavy atom. The second kappa shape index (κ2) is 8.80. The normalized spacial score (nSPS) is 10.5. The first-order valence-corrected chi connectivity index (χ1v) is 5.52. The molecule has 0 heterocycles. The number of halogens is 1. The van der Waals surface area contributed by atoms with E-state index >= 15 is 0 Å². The summed E-state index contributed by atoms with van der Waals surface area (Å²) in [5, 5.41) is 33.8. The van der Waals surface area contributed by atoms with Crippen LogP contribution in [0.1, 0.15) is 12.8 Å². The summed E-state index contributed by atoms with van der Waals surface area (Å²) in [4.78, 5) is 52.0. The molecule has 11 nitrogen and oxygen atoms in total. The standard InChI is InChI=1S/C6H8O7.ClH.H3O4P/c7-3(8)1-6(13,5(11)12)2-4(9)10;;1-5(2,3)4/h13H,1-2H2,(H,7,8)(H,9,10)(H,11,12);1H;(H3,1,2,3,4). The van der Waals surface area contributed by atoms with E-state index in [0.717, 1.165) is 0 Å². The zero-order valence-corrected chi connectivity index (χ0v) is 10.7. The van der Waals surface area contributed by atoms with Crippen LogP contribution >= 0.6 is 20.2 Å². The van der Waals surface area contributed by atoms with Gasteiger partial charge in [0.15, 0.2) is 5.60 Å². The molecule has 19 heavy (non-hydrogen) atoms. The molecule has 0 aliphatic rings. The minimum atomic E-state index is -4.64. The van der Waals surface area contributed by atoms with Crippen LogP contribution in [0.3, 0.4) is 0 Å². The molecule has 7 N–H and O–H groups in total. The van der Waals surface area contributed by atoms with Crippen LogP contribution in [0.4, 0.5) is 0 Å². The summed E-state index contributed by atoms with van der Waals surface area (Å²) < 4.78 is 8.88. The van der Waals surface area contributed by atoms with E-state index in [1.54, 1.807) is 0 Å². The lowest BCUT2D eigenvalue weighted by atomic mass is 9.96. The molecular formula is C6H12ClO11P. The van der Waals surface area contributed by atoms with Gasteiger partial charge < -0.3 is 35.1 Å². The van der Waals surface area contributed by atoms with Crippen LogP contribution < -0.4 is 0 Å². The summed E-state index contributed by atoms with van der Waals surface area (Å²) in [6, 6.07) is 0. The van der Waals surface area contributed by atoms with E-state index in [-0.39, 0.29) is 12.4 Å². The van der Waals surface area contributed by atoms with Gasteiger partial charge in [-0.2, -0.15) is 0 Å². The highest BCUT2D eigenvalue weighted by molar-refractivity contribution is 7.45. The molecule has 0 aromatic heterocycles. The Labute approximate surface area is 111 Å². The molecule has 0 spiro atoms. The molecule has 0 atom stereocenters. The average molecular weight is 327 g/mol. The molecular weight excluding hydrogens is 314 g/mol. The van der Waals surface area contributed by atoms with Crippen LogP contribution in [0.15, 0.2) is 0 Å². The van der Waals surface area contributed by atoms with E-state index in [4.69, 9.17) is 39.7 Å². The summed E-state index contributed by atoms with van der Waals surface area (Å²) in [6.45, 7) is 0. The smallest absolute Gasteiger partial charge is 0.466 e. The fraction of sp³-hybridized carbons (Fsp3) is 0.500. The molecule has 0 aromatic carbocycles. The zero-order valence-electron chi connectivity index (χ0n) is 9.03. The van der Waals surface area contributed by atoms with Gasteiger partial charge in [-0.15, -0.1) is 12.4 Å². The molecule has 0 saturated heterocycles. The molecule has 0 unspecified atom stereocenters. The highest BCUT2D eigenvalue weighted by Gasteiger charge is 2.40. The number of phosphoric acid groups is 1. The first kappa shape index (κ1) is 22.9. The number of aliphatic carboxylic acids is 3. The van der Waals surface area contributed by atoms with E-state index in [1.165, 1.54) is 0 Å². The van der Waals surface area contributed by atoms with Gasteiger partial charge in [-0.1, -0.05) is 0 Å². The molecule has 0 fully saturated rings.